The molecule has 0 spiro atoms. The van der Waals surface area contributed by atoms with Crippen molar-refractivity contribution in [2.45, 2.75) is 52.1 Å². The Bertz CT molecular complexity index is 1990. The molecular formula is C37H43ClFN7O3. The Morgan fingerprint density at radius 3 is 2.61 bits per heavy atom. The van der Waals surface area contributed by atoms with Crippen molar-refractivity contribution < 1.29 is 14.3 Å². The normalized spacial score (nSPS) is 17.6. The van der Waals surface area contributed by atoms with Gasteiger partial charge in [0, 0.05) is 43.8 Å². The molecule has 4 aromatic rings. The number of halogens is 2. The van der Waals surface area contributed by atoms with Crippen LogP contribution in [-0.2, 0) is 4.79 Å². The molecule has 10 nitrogen and oxygen atoms in total. The van der Waals surface area contributed by atoms with Gasteiger partial charge in [-0.3, -0.25) is 19.1 Å². The first-order valence-corrected chi connectivity index (χ1v) is 17.0. The van der Waals surface area contributed by atoms with Crippen molar-refractivity contribution in [2.24, 2.45) is 0 Å². The summed E-state index contributed by atoms with van der Waals surface area (Å²) >= 11 is 6.53. The van der Waals surface area contributed by atoms with Gasteiger partial charge in [0.2, 0.25) is 5.91 Å². The van der Waals surface area contributed by atoms with Crippen molar-refractivity contribution in [3.05, 3.63) is 81.6 Å². The van der Waals surface area contributed by atoms with E-state index < -0.39 is 5.82 Å². The number of piperazine rings is 1. The monoisotopic (exact) mass is 687 g/mol. The number of aryl methyl sites for hydroxylation is 1. The molecular weight excluding hydrogens is 645 g/mol. The number of carbonyl (C=O) groups is 1. The minimum absolute atomic E-state index is 0.0423. The predicted molar refractivity (Wildman–Crippen MR) is 194 cm³/mol. The molecule has 2 atom stereocenters. The number of aromatic nitrogens is 3. The van der Waals surface area contributed by atoms with E-state index in [0.717, 1.165) is 18.5 Å². The molecule has 1 aromatic carbocycles. The average Bonchev–Trinajstić information content (AvgIpc) is 3.04. The summed E-state index contributed by atoms with van der Waals surface area (Å²) in [6, 6.07) is 7.45. The van der Waals surface area contributed by atoms with E-state index in [1.807, 2.05) is 52.8 Å². The van der Waals surface area contributed by atoms with Crippen molar-refractivity contribution in [1.82, 2.24) is 24.3 Å². The van der Waals surface area contributed by atoms with Crippen LogP contribution in [0.1, 0.15) is 44.4 Å². The van der Waals surface area contributed by atoms with Gasteiger partial charge in [-0.05, 0) is 82.7 Å². The second-order valence-corrected chi connectivity index (χ2v) is 14.0. The highest BCUT2D eigenvalue weighted by Gasteiger charge is 2.42. The maximum Gasteiger partial charge on any atom is 0.282 e. The molecule has 5 heterocycles. The van der Waals surface area contributed by atoms with Gasteiger partial charge in [-0.15, -0.1) is 0 Å². The van der Waals surface area contributed by atoms with Crippen LogP contribution >= 0.6 is 11.6 Å². The fourth-order valence-electron chi connectivity index (χ4n) is 7.26. The second-order valence-electron chi connectivity index (χ2n) is 13.6. The number of phenolic OH excluding ortho intramolecular Hbond substituents is 1. The number of pyridine rings is 3. The Balaban J connectivity index is 1.72. The number of benzene rings is 1. The quantitative estimate of drug-likeness (QED) is 0.234. The van der Waals surface area contributed by atoms with Crippen molar-refractivity contribution in [3.8, 4) is 22.7 Å². The third-order valence-electron chi connectivity index (χ3n) is 9.57. The molecule has 1 amide bonds. The number of aromatic hydroxyl groups is 1. The second kappa shape index (κ2) is 13.4. The van der Waals surface area contributed by atoms with Crippen LogP contribution in [0.3, 0.4) is 0 Å². The van der Waals surface area contributed by atoms with Crippen LogP contribution in [0.15, 0.2) is 54.0 Å². The zero-order valence-electron chi connectivity index (χ0n) is 28.9. The number of fused-ring (bicyclic) bond motifs is 5. The van der Waals surface area contributed by atoms with Crippen molar-refractivity contribution in [2.75, 3.05) is 56.6 Å². The average molecular weight is 688 g/mol. The zero-order valence-corrected chi connectivity index (χ0v) is 29.6. The van der Waals surface area contributed by atoms with Crippen LogP contribution in [0.5, 0.6) is 5.75 Å². The van der Waals surface area contributed by atoms with Gasteiger partial charge in [-0.1, -0.05) is 38.1 Å². The summed E-state index contributed by atoms with van der Waals surface area (Å²) in [5.41, 5.74) is 2.96. The van der Waals surface area contributed by atoms with Gasteiger partial charge in [0.25, 0.3) is 5.56 Å². The number of amides is 1. The van der Waals surface area contributed by atoms with Crippen LogP contribution < -0.4 is 15.4 Å². The summed E-state index contributed by atoms with van der Waals surface area (Å²) in [7, 11) is 4.02. The fourth-order valence-corrected chi connectivity index (χ4v) is 7.52. The molecule has 2 aliphatic rings. The van der Waals surface area contributed by atoms with Gasteiger partial charge in [-0.25, -0.2) is 9.37 Å². The number of anilines is 2. The lowest BCUT2D eigenvalue weighted by molar-refractivity contribution is -0.128. The number of hydrogen-bond acceptors (Lipinski definition) is 8. The number of nitrogens with zero attached hydrogens (tertiary/aromatic N) is 7. The molecule has 0 radical (unpaired) electrons. The lowest BCUT2D eigenvalue weighted by atomic mass is 9.98. The molecule has 0 bridgehead atoms. The van der Waals surface area contributed by atoms with E-state index in [1.165, 1.54) is 18.2 Å². The SMILES string of the molecule is C=CC(=O)N1CC2CN(CCCN(C)C)c3c(c4cc(F)c(-c5c(O)cccc5Cl)nc4n(-c4c(C)ccnc4C(C)C)c3=O)N2CC1C. The molecule has 12 heteroatoms. The van der Waals surface area contributed by atoms with E-state index in [0.29, 0.717) is 54.3 Å². The van der Waals surface area contributed by atoms with Crippen molar-refractivity contribution >= 4 is 39.9 Å². The van der Waals surface area contributed by atoms with Gasteiger partial charge in [0.05, 0.1) is 33.7 Å². The Morgan fingerprint density at radius 1 is 1.18 bits per heavy atom. The molecule has 2 unspecified atom stereocenters. The van der Waals surface area contributed by atoms with Gasteiger partial charge in [0.15, 0.2) is 11.5 Å². The maximum atomic E-state index is 16.5. The van der Waals surface area contributed by atoms with Crippen LogP contribution in [-0.4, -0.2) is 94.3 Å². The van der Waals surface area contributed by atoms with E-state index in [-0.39, 0.29) is 57.1 Å². The molecule has 6 rings (SSSR count). The first-order chi connectivity index (χ1) is 23.3. The number of rotatable bonds is 8. The van der Waals surface area contributed by atoms with Crippen molar-refractivity contribution in [1.29, 1.82) is 0 Å². The van der Waals surface area contributed by atoms with E-state index in [1.54, 1.807) is 22.9 Å². The molecule has 3 aromatic heterocycles. The lowest BCUT2D eigenvalue weighted by Gasteiger charge is -2.51. The van der Waals surface area contributed by atoms with E-state index >= 15 is 9.18 Å². The Morgan fingerprint density at radius 2 is 1.94 bits per heavy atom. The first-order valence-electron chi connectivity index (χ1n) is 16.7. The third-order valence-corrected chi connectivity index (χ3v) is 9.89. The highest BCUT2D eigenvalue weighted by Crippen LogP contribution is 2.44. The molecule has 0 saturated carbocycles. The first kappa shape index (κ1) is 34.4. The minimum Gasteiger partial charge on any atom is -0.507 e. The van der Waals surface area contributed by atoms with Gasteiger partial charge >= 0.3 is 0 Å². The molecule has 1 fully saturated rings. The number of hydrogen-bond donors (Lipinski definition) is 1. The summed E-state index contributed by atoms with van der Waals surface area (Å²) < 4.78 is 18.1. The number of phenols is 1. The molecule has 2 aliphatic heterocycles. The molecule has 258 valence electrons. The largest absolute Gasteiger partial charge is 0.507 e. The number of carbonyl (C=O) groups excluding carboxylic acids is 1. The summed E-state index contributed by atoms with van der Waals surface area (Å²) in [4.78, 5) is 45.9. The zero-order chi connectivity index (χ0) is 35.3. The maximum absolute atomic E-state index is 16.5. The van der Waals surface area contributed by atoms with Gasteiger partial charge in [-0.2, -0.15) is 0 Å². The van der Waals surface area contributed by atoms with E-state index in [2.05, 4.69) is 21.3 Å². The predicted octanol–water partition coefficient (Wildman–Crippen LogP) is 5.74. The Kier molecular flexibility index (Phi) is 9.43. The summed E-state index contributed by atoms with van der Waals surface area (Å²) in [6.07, 6.45) is 3.84. The highest BCUT2D eigenvalue weighted by molar-refractivity contribution is 6.33. The molecule has 1 N–H and O–H groups in total. The van der Waals surface area contributed by atoms with Crippen LogP contribution in [0.4, 0.5) is 15.8 Å². The lowest BCUT2D eigenvalue weighted by Crippen LogP contribution is -2.64. The van der Waals surface area contributed by atoms with Crippen LogP contribution in [0.2, 0.25) is 5.02 Å². The third kappa shape index (κ3) is 6.03. The molecule has 1 saturated heterocycles. The van der Waals surface area contributed by atoms with Gasteiger partial charge < -0.3 is 24.7 Å². The van der Waals surface area contributed by atoms with E-state index in [4.69, 9.17) is 21.6 Å². The fraction of sp³-hybridized carbons (Fsp3) is 0.405. The topological polar surface area (TPSA) is 98.0 Å². The Labute approximate surface area is 291 Å². The summed E-state index contributed by atoms with van der Waals surface area (Å²) in [6.45, 7) is 14.4. The smallest absolute Gasteiger partial charge is 0.282 e. The summed E-state index contributed by atoms with van der Waals surface area (Å²) in [5.74, 6) is -1.11. The Hall–Kier alpha value is -4.48. The van der Waals surface area contributed by atoms with Gasteiger partial charge in [0.1, 0.15) is 17.1 Å². The minimum atomic E-state index is -0.690. The molecule has 0 aliphatic carbocycles. The van der Waals surface area contributed by atoms with Crippen molar-refractivity contribution in [3.63, 3.8) is 0 Å². The van der Waals surface area contributed by atoms with Crippen LogP contribution in [0.25, 0.3) is 28.0 Å². The standard InChI is InChI=1S/C37H43ClFN7O3/c1-8-29(48)44-20-24-19-43(16-10-15-42(6)7)35-34(45(24)18-23(44)5)25-17-27(39)32(30-26(38)11-9-12-28(30)47)41-36(25)46(37(35)49)33-22(4)13-14-40-31(33)21(2)3/h8-9,11-14,17,21,23-24,47H,1,10,15-16,18-20H2,2-7H3. The molecule has 49 heavy (non-hydrogen) atoms. The summed E-state index contributed by atoms with van der Waals surface area (Å²) in [5, 5.41) is 11.4. The highest BCUT2D eigenvalue weighted by atomic mass is 35.5. The van der Waals surface area contributed by atoms with Crippen LogP contribution in [0, 0.1) is 12.7 Å². The van der Waals surface area contributed by atoms with E-state index in [9.17, 15) is 9.90 Å².